The lowest BCUT2D eigenvalue weighted by molar-refractivity contribution is 0.101. The minimum Gasteiger partial charge on any atom is -0.293 e. The van der Waals surface area contributed by atoms with Crippen molar-refractivity contribution in [1.29, 1.82) is 0 Å². The Morgan fingerprint density at radius 1 is 1.38 bits per heavy atom. The van der Waals surface area contributed by atoms with Crippen molar-refractivity contribution in [2.75, 3.05) is 5.88 Å². The number of carbonyl (C=O) groups excluding carboxylic acids is 1. The molecule has 0 fully saturated rings. The smallest absolute Gasteiger partial charge is 0.183 e. The Morgan fingerprint density at radius 3 is 2.23 bits per heavy atom. The molecule has 1 nitrogen and oxygen atoms in total. The zero-order chi connectivity index (χ0) is 10.0. The fraction of sp³-hybridized carbons (Fsp3) is 0.125. The highest BCUT2D eigenvalue weighted by Crippen LogP contribution is 2.19. The molecule has 0 N–H and O–H groups in total. The van der Waals surface area contributed by atoms with Gasteiger partial charge in [0.2, 0.25) is 0 Å². The van der Waals surface area contributed by atoms with Gasteiger partial charge in [0.15, 0.2) is 5.78 Å². The lowest BCUT2D eigenvalue weighted by atomic mass is 10.1. The second kappa shape index (κ2) is 4.15. The molecule has 0 saturated heterocycles. The van der Waals surface area contributed by atoms with Gasteiger partial charge in [-0.3, -0.25) is 4.79 Å². The van der Waals surface area contributed by atoms with Gasteiger partial charge < -0.3 is 0 Å². The second-order valence-electron chi connectivity index (χ2n) is 2.30. The summed E-state index contributed by atoms with van der Waals surface area (Å²) in [5.74, 6) is -3.01. The van der Waals surface area contributed by atoms with Gasteiger partial charge in [0.05, 0.1) is 11.4 Å². The molecule has 1 aromatic carbocycles. The molecule has 1 aromatic rings. The molecule has 0 aromatic heterocycles. The van der Waals surface area contributed by atoms with Gasteiger partial charge in [-0.1, -0.05) is 15.9 Å². The van der Waals surface area contributed by atoms with Crippen LogP contribution >= 0.6 is 27.5 Å². The monoisotopic (exact) mass is 268 g/mol. The standard InChI is InChI=1S/C8H4BrClF2O/c9-4-1-5(11)8(6(12)2-4)7(13)3-10/h1-2H,3H2. The van der Waals surface area contributed by atoms with Gasteiger partial charge in [0.25, 0.3) is 0 Å². The van der Waals surface area contributed by atoms with Crippen LogP contribution in [0.25, 0.3) is 0 Å². The molecule has 0 atom stereocenters. The first kappa shape index (κ1) is 10.6. The average Bonchev–Trinajstić information content (AvgIpc) is 2.02. The predicted molar refractivity (Wildman–Crippen MR) is 49.1 cm³/mol. The van der Waals surface area contributed by atoms with Gasteiger partial charge in [-0.25, -0.2) is 8.78 Å². The van der Waals surface area contributed by atoms with E-state index in [2.05, 4.69) is 15.9 Å². The van der Waals surface area contributed by atoms with E-state index in [1.165, 1.54) is 0 Å². The molecule has 0 aliphatic carbocycles. The van der Waals surface area contributed by atoms with Gasteiger partial charge in [-0.05, 0) is 12.1 Å². The maximum atomic E-state index is 13.0. The Kier molecular flexibility index (Phi) is 3.39. The Balaban J connectivity index is 3.28. The third kappa shape index (κ3) is 2.25. The van der Waals surface area contributed by atoms with Gasteiger partial charge in [0.1, 0.15) is 11.6 Å². The minimum absolute atomic E-state index is 0.244. The van der Waals surface area contributed by atoms with E-state index in [4.69, 9.17) is 11.6 Å². The van der Waals surface area contributed by atoms with Crippen molar-refractivity contribution >= 4 is 33.3 Å². The van der Waals surface area contributed by atoms with E-state index < -0.39 is 28.9 Å². The average molecular weight is 269 g/mol. The lowest BCUT2D eigenvalue weighted by Gasteiger charge is -2.01. The normalized spacial score (nSPS) is 10.2. The number of Topliss-reactive ketones (excluding diaryl/α,β-unsaturated/α-hetero) is 1. The van der Waals surface area contributed by atoms with E-state index in [1.54, 1.807) is 0 Å². The van der Waals surface area contributed by atoms with Crippen molar-refractivity contribution in [2.24, 2.45) is 0 Å². The summed E-state index contributed by atoms with van der Waals surface area (Å²) in [6.07, 6.45) is 0. The molecule has 1 rings (SSSR count). The van der Waals surface area contributed by atoms with Gasteiger partial charge in [0, 0.05) is 4.47 Å². The largest absolute Gasteiger partial charge is 0.293 e. The van der Waals surface area contributed by atoms with Crippen LogP contribution in [0.2, 0.25) is 0 Å². The van der Waals surface area contributed by atoms with E-state index in [1.807, 2.05) is 0 Å². The molecule has 5 heteroatoms. The quantitative estimate of drug-likeness (QED) is 0.595. The summed E-state index contributed by atoms with van der Waals surface area (Å²) in [7, 11) is 0. The van der Waals surface area contributed by atoms with Crippen LogP contribution in [-0.2, 0) is 0 Å². The van der Waals surface area contributed by atoms with Gasteiger partial charge >= 0.3 is 0 Å². The van der Waals surface area contributed by atoms with Crippen LogP contribution in [0.5, 0.6) is 0 Å². The highest BCUT2D eigenvalue weighted by molar-refractivity contribution is 9.10. The summed E-state index contributed by atoms with van der Waals surface area (Å²) in [5, 5.41) is 0. The number of halogens is 4. The Labute approximate surface area is 86.8 Å². The molecule has 0 unspecified atom stereocenters. The SMILES string of the molecule is O=C(CCl)c1c(F)cc(Br)cc1F. The number of alkyl halides is 1. The summed E-state index contributed by atoms with van der Waals surface area (Å²) in [5.41, 5.74) is -0.585. The van der Waals surface area contributed by atoms with Crippen LogP contribution < -0.4 is 0 Å². The zero-order valence-electron chi connectivity index (χ0n) is 6.28. The highest BCUT2D eigenvalue weighted by atomic mass is 79.9. The molecule has 13 heavy (non-hydrogen) atoms. The third-order valence-electron chi connectivity index (χ3n) is 1.41. The fourth-order valence-electron chi connectivity index (χ4n) is 0.875. The Bertz CT molecular complexity index is 331. The first-order valence-corrected chi connectivity index (χ1v) is 4.62. The van der Waals surface area contributed by atoms with E-state index >= 15 is 0 Å². The van der Waals surface area contributed by atoms with E-state index in [9.17, 15) is 13.6 Å². The van der Waals surface area contributed by atoms with Crippen molar-refractivity contribution in [3.05, 3.63) is 33.8 Å². The topological polar surface area (TPSA) is 17.1 Å². The van der Waals surface area contributed by atoms with Crippen LogP contribution in [0.15, 0.2) is 16.6 Å². The lowest BCUT2D eigenvalue weighted by Crippen LogP contribution is -2.07. The van der Waals surface area contributed by atoms with E-state index in [0.29, 0.717) is 0 Å². The molecule has 70 valence electrons. The second-order valence-corrected chi connectivity index (χ2v) is 3.48. The predicted octanol–water partition coefficient (Wildman–Crippen LogP) is 3.15. The third-order valence-corrected chi connectivity index (χ3v) is 2.11. The van der Waals surface area contributed by atoms with Crippen LogP contribution in [0.4, 0.5) is 8.78 Å². The molecular weight excluding hydrogens is 265 g/mol. The fourth-order valence-corrected chi connectivity index (χ4v) is 1.41. The number of rotatable bonds is 2. The molecule has 0 aliphatic heterocycles. The van der Waals surface area contributed by atoms with E-state index in [0.717, 1.165) is 12.1 Å². The molecule has 0 saturated carbocycles. The molecule has 0 heterocycles. The number of benzene rings is 1. The number of carbonyl (C=O) groups is 1. The van der Waals surface area contributed by atoms with Crippen LogP contribution in [0.1, 0.15) is 10.4 Å². The molecule has 0 aliphatic rings. The summed E-state index contributed by atoms with van der Waals surface area (Å²) in [6, 6.07) is 2.03. The maximum Gasteiger partial charge on any atom is 0.183 e. The molecule has 0 amide bonds. The summed E-state index contributed by atoms with van der Waals surface area (Å²) < 4.78 is 26.2. The van der Waals surface area contributed by atoms with Crippen LogP contribution in [0, 0.1) is 11.6 Å². The van der Waals surface area contributed by atoms with E-state index in [-0.39, 0.29) is 4.47 Å². The van der Waals surface area contributed by atoms with Crippen molar-refractivity contribution in [3.63, 3.8) is 0 Å². The first-order chi connectivity index (χ1) is 6.06. The first-order valence-electron chi connectivity index (χ1n) is 3.30. The summed E-state index contributed by atoms with van der Waals surface area (Å²) in [6.45, 7) is 0. The van der Waals surface area contributed by atoms with Gasteiger partial charge in [-0.2, -0.15) is 0 Å². The van der Waals surface area contributed by atoms with Crippen LogP contribution in [0.3, 0.4) is 0 Å². The highest BCUT2D eigenvalue weighted by Gasteiger charge is 2.16. The Morgan fingerprint density at radius 2 is 1.85 bits per heavy atom. The molecular formula is C8H4BrClF2O. The maximum absolute atomic E-state index is 13.0. The molecule has 0 bridgehead atoms. The molecule has 0 spiro atoms. The minimum atomic E-state index is -0.905. The van der Waals surface area contributed by atoms with Crippen LogP contribution in [-0.4, -0.2) is 11.7 Å². The van der Waals surface area contributed by atoms with Crippen molar-refractivity contribution in [2.45, 2.75) is 0 Å². The van der Waals surface area contributed by atoms with Crippen molar-refractivity contribution in [3.8, 4) is 0 Å². The molecule has 0 radical (unpaired) electrons. The number of ketones is 1. The number of hydrogen-bond acceptors (Lipinski definition) is 1. The number of hydrogen-bond donors (Lipinski definition) is 0. The Hall–Kier alpha value is -0.480. The summed E-state index contributed by atoms with van der Waals surface area (Å²) in [4.78, 5) is 10.9. The van der Waals surface area contributed by atoms with Crippen molar-refractivity contribution < 1.29 is 13.6 Å². The van der Waals surface area contributed by atoms with Crippen molar-refractivity contribution in [1.82, 2.24) is 0 Å². The zero-order valence-corrected chi connectivity index (χ0v) is 8.62. The summed E-state index contributed by atoms with van der Waals surface area (Å²) >= 11 is 8.07. The van der Waals surface area contributed by atoms with Gasteiger partial charge in [-0.15, -0.1) is 11.6 Å².